The minimum Gasteiger partial charge on any atom is -0.129 e. The van der Waals surface area contributed by atoms with E-state index in [1.54, 1.807) is 11.8 Å². The molecule has 1 aromatic rings. The summed E-state index contributed by atoms with van der Waals surface area (Å²) in [6, 6.07) is 9.06. The molecule has 9 heavy (non-hydrogen) atoms. The van der Waals surface area contributed by atoms with E-state index in [2.05, 4.69) is 25.3 Å². The highest BCUT2D eigenvalue weighted by Gasteiger charge is 1.90. The maximum atomic E-state index is 3.03. The molecule has 0 atom stereocenters. The number of aryl methyl sites for hydroxylation is 1. The van der Waals surface area contributed by atoms with Crippen LogP contribution in [0.2, 0.25) is 0 Å². The van der Waals surface area contributed by atoms with Crippen LogP contribution < -0.4 is 0 Å². The van der Waals surface area contributed by atoms with Crippen LogP contribution in [-0.2, 0) is 0 Å². The summed E-state index contributed by atoms with van der Waals surface area (Å²) in [5.41, 5.74) is 1.33. The quantitative estimate of drug-likeness (QED) is 0.536. The summed E-state index contributed by atoms with van der Waals surface area (Å²) >= 11 is 1.76. The second-order valence-electron chi connectivity index (χ2n) is 1.90. The molecule has 47 valence electrons. The van der Waals surface area contributed by atoms with Gasteiger partial charge in [-0.15, -0.1) is 11.8 Å². The smallest absolute Gasteiger partial charge is 0.0104 e. The Morgan fingerprint density at radius 3 is 2.78 bits per heavy atom. The molecule has 0 fully saturated rings. The maximum absolute atomic E-state index is 3.03. The van der Waals surface area contributed by atoms with Gasteiger partial charge in [0, 0.05) is 4.90 Å². The number of thioether (sulfide) groups is 1. The fourth-order valence-corrected chi connectivity index (χ4v) is 1.29. The molecule has 0 saturated carbocycles. The molecule has 0 amide bonds. The third kappa shape index (κ3) is 1.49. The van der Waals surface area contributed by atoms with Crippen LogP contribution in [0, 0.1) is 13.0 Å². The average Bonchev–Trinajstić information content (AvgIpc) is 1.89. The normalized spacial score (nSPS) is 9.56. The summed E-state index contributed by atoms with van der Waals surface area (Å²) in [4.78, 5) is 1.32. The SMILES string of the molecule is CSc1c[c]ccc1C. The minimum absolute atomic E-state index is 1.32. The molecule has 1 rings (SSSR count). The molecule has 0 aromatic heterocycles. The minimum atomic E-state index is 1.32. The zero-order valence-electron chi connectivity index (χ0n) is 5.64. The molecule has 0 aliphatic heterocycles. The van der Waals surface area contributed by atoms with Crippen molar-refractivity contribution in [1.29, 1.82) is 0 Å². The first kappa shape index (κ1) is 6.69. The summed E-state index contributed by atoms with van der Waals surface area (Å²) in [5.74, 6) is 0. The van der Waals surface area contributed by atoms with Gasteiger partial charge in [0.2, 0.25) is 0 Å². The van der Waals surface area contributed by atoms with E-state index < -0.39 is 0 Å². The Labute approximate surface area is 60.3 Å². The van der Waals surface area contributed by atoms with Crippen molar-refractivity contribution in [2.24, 2.45) is 0 Å². The Balaban J connectivity index is 3.01. The molecule has 0 heterocycles. The summed E-state index contributed by atoms with van der Waals surface area (Å²) in [6.07, 6.45) is 2.08. The van der Waals surface area contributed by atoms with Gasteiger partial charge in [0.1, 0.15) is 0 Å². The van der Waals surface area contributed by atoms with E-state index in [0.717, 1.165) is 0 Å². The van der Waals surface area contributed by atoms with Gasteiger partial charge in [0.05, 0.1) is 0 Å². The van der Waals surface area contributed by atoms with Gasteiger partial charge in [-0.2, -0.15) is 0 Å². The highest BCUT2D eigenvalue weighted by molar-refractivity contribution is 7.98. The lowest BCUT2D eigenvalue weighted by Gasteiger charge is -1.97. The number of hydrogen-bond acceptors (Lipinski definition) is 1. The van der Waals surface area contributed by atoms with Crippen LogP contribution in [0.5, 0.6) is 0 Å². The van der Waals surface area contributed by atoms with Gasteiger partial charge in [0.25, 0.3) is 0 Å². The lowest BCUT2D eigenvalue weighted by molar-refractivity contribution is 1.30. The van der Waals surface area contributed by atoms with Crippen molar-refractivity contribution in [3.05, 3.63) is 29.8 Å². The van der Waals surface area contributed by atoms with E-state index in [-0.39, 0.29) is 0 Å². The zero-order chi connectivity index (χ0) is 6.69. The third-order valence-electron chi connectivity index (χ3n) is 1.25. The average molecular weight is 137 g/mol. The summed E-state index contributed by atoms with van der Waals surface area (Å²) in [6.45, 7) is 2.11. The predicted molar refractivity (Wildman–Crippen MR) is 41.8 cm³/mol. The van der Waals surface area contributed by atoms with Crippen molar-refractivity contribution in [2.75, 3.05) is 6.26 Å². The molecule has 1 heteroatoms. The highest BCUT2D eigenvalue weighted by Crippen LogP contribution is 2.17. The van der Waals surface area contributed by atoms with Crippen molar-refractivity contribution in [3.8, 4) is 0 Å². The fourth-order valence-electron chi connectivity index (χ4n) is 0.713. The molecule has 0 spiro atoms. The van der Waals surface area contributed by atoms with Crippen molar-refractivity contribution in [3.63, 3.8) is 0 Å². The molecule has 1 aromatic carbocycles. The van der Waals surface area contributed by atoms with Gasteiger partial charge in [-0.1, -0.05) is 12.1 Å². The monoisotopic (exact) mass is 137 g/mol. The van der Waals surface area contributed by atoms with Gasteiger partial charge in [0.15, 0.2) is 0 Å². The van der Waals surface area contributed by atoms with E-state index in [0.29, 0.717) is 0 Å². The van der Waals surface area contributed by atoms with Crippen molar-refractivity contribution >= 4 is 11.8 Å². The predicted octanol–water partition coefficient (Wildman–Crippen LogP) is 2.52. The summed E-state index contributed by atoms with van der Waals surface area (Å²) in [7, 11) is 0. The molecule has 0 unspecified atom stereocenters. The largest absolute Gasteiger partial charge is 0.129 e. The first-order valence-corrected chi connectivity index (χ1v) is 4.08. The molecule has 0 N–H and O–H groups in total. The fraction of sp³-hybridized carbons (Fsp3) is 0.250. The first-order valence-electron chi connectivity index (χ1n) is 2.85. The van der Waals surface area contributed by atoms with E-state index >= 15 is 0 Å². The summed E-state index contributed by atoms with van der Waals surface area (Å²) < 4.78 is 0. The van der Waals surface area contributed by atoms with Crippen LogP contribution in [0.15, 0.2) is 23.1 Å². The van der Waals surface area contributed by atoms with E-state index in [1.807, 2.05) is 12.1 Å². The van der Waals surface area contributed by atoms with E-state index in [4.69, 9.17) is 0 Å². The Morgan fingerprint density at radius 2 is 2.33 bits per heavy atom. The second-order valence-corrected chi connectivity index (χ2v) is 2.74. The van der Waals surface area contributed by atoms with Crippen molar-refractivity contribution < 1.29 is 0 Å². The van der Waals surface area contributed by atoms with Crippen molar-refractivity contribution in [2.45, 2.75) is 11.8 Å². The number of hydrogen-bond donors (Lipinski definition) is 0. The first-order chi connectivity index (χ1) is 4.34. The lowest BCUT2D eigenvalue weighted by atomic mass is 10.2. The van der Waals surface area contributed by atoms with Crippen LogP contribution in [0.1, 0.15) is 5.56 Å². The molecular weight excluding hydrogens is 128 g/mol. The van der Waals surface area contributed by atoms with Crippen LogP contribution >= 0.6 is 11.8 Å². The highest BCUT2D eigenvalue weighted by atomic mass is 32.2. The molecule has 0 saturated heterocycles. The zero-order valence-corrected chi connectivity index (χ0v) is 6.46. The Bertz CT molecular complexity index is 194. The van der Waals surface area contributed by atoms with Gasteiger partial charge in [-0.25, -0.2) is 0 Å². The Hall–Kier alpha value is -0.430. The second kappa shape index (κ2) is 2.92. The lowest BCUT2D eigenvalue weighted by Crippen LogP contribution is -1.74. The van der Waals surface area contributed by atoms with Gasteiger partial charge in [-0.05, 0) is 30.9 Å². The molecule has 0 bridgehead atoms. The van der Waals surface area contributed by atoms with Gasteiger partial charge in [-0.3, -0.25) is 0 Å². The molecule has 0 aliphatic rings. The van der Waals surface area contributed by atoms with Crippen LogP contribution in [0.25, 0.3) is 0 Å². The van der Waals surface area contributed by atoms with E-state index in [1.165, 1.54) is 10.5 Å². The van der Waals surface area contributed by atoms with Gasteiger partial charge < -0.3 is 0 Å². The number of rotatable bonds is 1. The standard InChI is InChI=1S/C8H9S/c1-7-5-3-4-6-8(7)9-2/h3,5-6H,1-2H3. The molecule has 0 aliphatic carbocycles. The molecule has 0 nitrogen and oxygen atoms in total. The number of benzene rings is 1. The molecule has 1 radical (unpaired) electrons. The van der Waals surface area contributed by atoms with E-state index in [9.17, 15) is 0 Å². The summed E-state index contributed by atoms with van der Waals surface area (Å²) in [5, 5.41) is 0. The third-order valence-corrected chi connectivity index (χ3v) is 2.13. The topological polar surface area (TPSA) is 0 Å². The Kier molecular flexibility index (Phi) is 2.17. The van der Waals surface area contributed by atoms with Gasteiger partial charge >= 0.3 is 0 Å². The van der Waals surface area contributed by atoms with Crippen LogP contribution in [-0.4, -0.2) is 6.26 Å². The molecular formula is C8H9S. The van der Waals surface area contributed by atoms with Crippen LogP contribution in [0.4, 0.5) is 0 Å². The van der Waals surface area contributed by atoms with Crippen LogP contribution in [0.3, 0.4) is 0 Å². The van der Waals surface area contributed by atoms with Crippen molar-refractivity contribution in [1.82, 2.24) is 0 Å². The Morgan fingerprint density at radius 1 is 1.56 bits per heavy atom. The maximum Gasteiger partial charge on any atom is 0.0104 e.